The number of ether oxygens (including phenoxy) is 6. The third-order valence-electron chi connectivity index (χ3n) is 7.21. The number of carbonyl (C=O) groups excluding carboxylic acids is 3. The van der Waals surface area contributed by atoms with Gasteiger partial charge < -0.3 is 28.4 Å². The predicted molar refractivity (Wildman–Crippen MR) is 178 cm³/mol. The van der Waals surface area contributed by atoms with Crippen LogP contribution in [-0.4, -0.2) is 71.3 Å². The molecule has 0 aliphatic rings. The molecule has 260 valence electrons. The summed E-state index contributed by atoms with van der Waals surface area (Å²) in [5, 5.41) is 0. The third kappa shape index (κ3) is 17.7. The number of esters is 3. The van der Waals surface area contributed by atoms with Crippen molar-refractivity contribution < 1.29 is 42.8 Å². The Kier molecular flexibility index (Phi) is 15.5. The van der Waals surface area contributed by atoms with Crippen LogP contribution < -0.4 is 0 Å². The van der Waals surface area contributed by atoms with Gasteiger partial charge in [0, 0.05) is 18.2 Å². The van der Waals surface area contributed by atoms with Crippen molar-refractivity contribution in [3.05, 3.63) is 38.0 Å². The van der Waals surface area contributed by atoms with Crippen LogP contribution in [0, 0.1) is 5.41 Å². The standard InChI is InChI=1S/C36H62O9/c1-17-27(37)43-33(11,12)24-40-30(5,6)21-36(20-4,22-31(7,8)41-25-34(13,14)44-28(38)18-2)23-32(9,10)42-26-35(15,16)45-29(39)19-3/h17-19H,1-3,20-26H2,4-16H3. The van der Waals surface area contributed by atoms with E-state index in [0.29, 0.717) is 19.3 Å². The van der Waals surface area contributed by atoms with Crippen LogP contribution in [0.2, 0.25) is 0 Å². The Hall–Kier alpha value is -2.49. The summed E-state index contributed by atoms with van der Waals surface area (Å²) in [5.41, 5.74) is -4.81. The molecule has 0 aromatic heterocycles. The molecule has 0 spiro atoms. The predicted octanol–water partition coefficient (Wildman–Crippen LogP) is 7.46. The minimum absolute atomic E-state index is 0.185. The Morgan fingerprint density at radius 1 is 0.467 bits per heavy atom. The molecule has 45 heavy (non-hydrogen) atoms. The average molecular weight is 639 g/mol. The first kappa shape index (κ1) is 42.5. The molecule has 9 heteroatoms. The molecular weight excluding hydrogens is 576 g/mol. The summed E-state index contributed by atoms with van der Waals surface area (Å²) >= 11 is 0. The Balaban J connectivity index is 6.26. The lowest BCUT2D eigenvalue weighted by atomic mass is 9.65. The van der Waals surface area contributed by atoms with E-state index in [1.165, 1.54) is 0 Å². The van der Waals surface area contributed by atoms with E-state index < -0.39 is 51.5 Å². The molecule has 0 bridgehead atoms. The van der Waals surface area contributed by atoms with Crippen molar-refractivity contribution >= 4 is 17.9 Å². The average Bonchev–Trinajstić information content (AvgIpc) is 2.88. The van der Waals surface area contributed by atoms with Crippen LogP contribution in [0.3, 0.4) is 0 Å². The molecule has 0 rings (SSSR count). The second-order valence-corrected chi connectivity index (χ2v) is 15.7. The topological polar surface area (TPSA) is 107 Å². The van der Waals surface area contributed by atoms with Crippen LogP contribution >= 0.6 is 0 Å². The fourth-order valence-electron chi connectivity index (χ4n) is 5.56. The summed E-state index contributed by atoms with van der Waals surface area (Å²) in [5.74, 6) is -1.53. The van der Waals surface area contributed by atoms with Crippen LogP contribution in [-0.2, 0) is 42.8 Å². The molecule has 0 radical (unpaired) electrons. The van der Waals surface area contributed by atoms with Gasteiger partial charge in [-0.2, -0.15) is 0 Å². The number of hydrogen-bond acceptors (Lipinski definition) is 9. The molecule has 0 aromatic carbocycles. The highest BCUT2D eigenvalue weighted by Crippen LogP contribution is 2.48. The summed E-state index contributed by atoms with van der Waals surface area (Å²) in [4.78, 5) is 35.6. The van der Waals surface area contributed by atoms with Gasteiger partial charge in [0.1, 0.15) is 16.8 Å². The highest BCUT2D eigenvalue weighted by atomic mass is 16.6. The van der Waals surface area contributed by atoms with E-state index in [1.807, 2.05) is 41.5 Å². The van der Waals surface area contributed by atoms with Crippen LogP contribution in [0.5, 0.6) is 0 Å². The molecule has 0 aliphatic heterocycles. The van der Waals surface area contributed by atoms with Gasteiger partial charge >= 0.3 is 17.9 Å². The van der Waals surface area contributed by atoms with Crippen LogP contribution in [0.15, 0.2) is 38.0 Å². The lowest BCUT2D eigenvalue weighted by molar-refractivity contribution is -0.178. The van der Waals surface area contributed by atoms with Crippen molar-refractivity contribution in [2.45, 2.75) is 149 Å². The second-order valence-electron chi connectivity index (χ2n) is 15.7. The van der Waals surface area contributed by atoms with Gasteiger partial charge in [0.2, 0.25) is 0 Å². The molecule has 9 nitrogen and oxygen atoms in total. The zero-order chi connectivity index (χ0) is 35.5. The van der Waals surface area contributed by atoms with Crippen LogP contribution in [0.4, 0.5) is 0 Å². The van der Waals surface area contributed by atoms with E-state index in [2.05, 4.69) is 26.7 Å². The van der Waals surface area contributed by atoms with Gasteiger partial charge in [0.15, 0.2) is 0 Å². The first-order valence-electron chi connectivity index (χ1n) is 15.6. The summed E-state index contributed by atoms with van der Waals surface area (Å²) in [6, 6.07) is 0. The SMILES string of the molecule is C=CC(=O)OC(C)(C)COC(C)(C)CC(CC)(CC(C)(C)OCC(C)(C)OC(=O)C=C)CC(C)(C)OCC(C)(C)OC(=O)C=C. The summed E-state index contributed by atoms with van der Waals surface area (Å²) < 4.78 is 35.8. The number of carbonyl (C=O) groups is 3. The van der Waals surface area contributed by atoms with Gasteiger partial charge in [-0.1, -0.05) is 33.1 Å². The van der Waals surface area contributed by atoms with E-state index >= 15 is 0 Å². The molecule has 0 saturated carbocycles. The zero-order valence-electron chi connectivity index (χ0n) is 30.5. The molecule has 0 unspecified atom stereocenters. The second kappa shape index (κ2) is 16.4. The largest absolute Gasteiger partial charge is 0.454 e. The molecule has 0 aromatic rings. The first-order valence-corrected chi connectivity index (χ1v) is 15.6. The normalized spacial score (nSPS) is 13.5. The smallest absolute Gasteiger partial charge is 0.330 e. The van der Waals surface area contributed by atoms with E-state index in [0.717, 1.165) is 24.6 Å². The maximum absolute atomic E-state index is 11.9. The molecule has 0 heterocycles. The van der Waals surface area contributed by atoms with Crippen molar-refractivity contribution in [2.24, 2.45) is 5.41 Å². The maximum Gasteiger partial charge on any atom is 0.330 e. The summed E-state index contributed by atoms with van der Waals surface area (Å²) in [6.45, 7) is 36.1. The van der Waals surface area contributed by atoms with E-state index in [-0.39, 0.29) is 25.2 Å². The third-order valence-corrected chi connectivity index (χ3v) is 7.21. The summed E-state index contributed by atoms with van der Waals surface area (Å²) in [6.07, 6.45) is 6.08. The maximum atomic E-state index is 11.9. The van der Waals surface area contributed by atoms with Crippen molar-refractivity contribution in [3.63, 3.8) is 0 Å². The van der Waals surface area contributed by atoms with Gasteiger partial charge in [-0.25, -0.2) is 14.4 Å². The van der Waals surface area contributed by atoms with Crippen LogP contribution in [0.25, 0.3) is 0 Å². The fourth-order valence-corrected chi connectivity index (χ4v) is 5.56. The van der Waals surface area contributed by atoms with Gasteiger partial charge in [-0.05, 0) is 108 Å². The molecule has 0 saturated heterocycles. The highest BCUT2D eigenvalue weighted by molar-refractivity contribution is 5.82. The lowest BCUT2D eigenvalue weighted by Crippen LogP contribution is -2.47. The van der Waals surface area contributed by atoms with Gasteiger partial charge in [-0.15, -0.1) is 0 Å². The Bertz CT molecular complexity index is 905. The minimum atomic E-state index is -0.856. The highest BCUT2D eigenvalue weighted by Gasteiger charge is 2.45. The zero-order valence-corrected chi connectivity index (χ0v) is 30.5. The number of rotatable bonds is 22. The molecule has 0 atom stereocenters. The van der Waals surface area contributed by atoms with Crippen molar-refractivity contribution in [1.29, 1.82) is 0 Å². The van der Waals surface area contributed by atoms with Crippen molar-refractivity contribution in [3.8, 4) is 0 Å². The van der Waals surface area contributed by atoms with Gasteiger partial charge in [0.05, 0.1) is 36.6 Å². The van der Waals surface area contributed by atoms with E-state index in [4.69, 9.17) is 28.4 Å². The van der Waals surface area contributed by atoms with Gasteiger partial charge in [0.25, 0.3) is 0 Å². The Labute approximate surface area is 273 Å². The molecule has 0 aliphatic carbocycles. The molecule has 0 fully saturated rings. The Morgan fingerprint density at radius 2 is 0.689 bits per heavy atom. The minimum Gasteiger partial charge on any atom is -0.454 e. The molecular formula is C36H62O9. The summed E-state index contributed by atoms with van der Waals surface area (Å²) in [7, 11) is 0. The van der Waals surface area contributed by atoms with E-state index in [1.54, 1.807) is 41.5 Å². The first-order chi connectivity index (χ1) is 20.2. The fraction of sp³-hybridized carbons (Fsp3) is 0.750. The van der Waals surface area contributed by atoms with Crippen molar-refractivity contribution in [1.82, 2.24) is 0 Å². The lowest BCUT2D eigenvalue weighted by Gasteiger charge is -2.48. The molecule has 0 amide bonds. The van der Waals surface area contributed by atoms with Crippen LogP contribution in [0.1, 0.15) is 116 Å². The monoisotopic (exact) mass is 638 g/mol. The quantitative estimate of drug-likeness (QED) is 0.0678. The Morgan fingerprint density at radius 3 is 0.867 bits per heavy atom. The van der Waals surface area contributed by atoms with Crippen molar-refractivity contribution in [2.75, 3.05) is 19.8 Å². The molecule has 0 N–H and O–H groups in total. The van der Waals surface area contributed by atoms with E-state index in [9.17, 15) is 14.4 Å². The number of hydrogen-bond donors (Lipinski definition) is 0. The van der Waals surface area contributed by atoms with Gasteiger partial charge in [-0.3, -0.25) is 0 Å².